The van der Waals surface area contributed by atoms with E-state index >= 15 is 0 Å². The van der Waals surface area contributed by atoms with Crippen LogP contribution >= 0.6 is 0 Å². The monoisotopic (exact) mass is 181 g/mol. The summed E-state index contributed by atoms with van der Waals surface area (Å²) in [7, 11) is 0. The number of halogens is 2. The number of hydrogen-bond acceptors (Lipinski definition) is 2. The van der Waals surface area contributed by atoms with Gasteiger partial charge in [0.1, 0.15) is 6.61 Å². The minimum absolute atomic E-state index is 0.434. The van der Waals surface area contributed by atoms with Gasteiger partial charge in [0.25, 0.3) is 6.43 Å². The van der Waals surface area contributed by atoms with E-state index in [2.05, 4.69) is 0 Å². The molecule has 0 saturated heterocycles. The summed E-state index contributed by atoms with van der Waals surface area (Å²) < 4.78 is 27.7. The molecule has 0 aromatic carbocycles. The van der Waals surface area contributed by atoms with Gasteiger partial charge in [-0.05, 0) is 19.4 Å². The fourth-order valence-corrected chi connectivity index (χ4v) is 0.874. The van der Waals surface area contributed by atoms with Crippen LogP contribution in [0.5, 0.6) is 0 Å². The standard InChI is InChI=1S/C8H17F2NO/c9-8(10)7-12-6-4-2-1-3-5-11/h8H,1-7,11H2. The zero-order valence-electron chi connectivity index (χ0n) is 7.27. The lowest BCUT2D eigenvalue weighted by Crippen LogP contribution is -2.05. The summed E-state index contributed by atoms with van der Waals surface area (Å²) in [5, 5.41) is 0. The highest BCUT2D eigenvalue weighted by Gasteiger charge is 2.00. The van der Waals surface area contributed by atoms with E-state index in [1.165, 1.54) is 0 Å². The van der Waals surface area contributed by atoms with Crippen LogP contribution in [-0.4, -0.2) is 26.2 Å². The molecule has 0 atom stereocenters. The molecule has 4 heteroatoms. The number of unbranched alkanes of at least 4 members (excludes halogenated alkanes) is 3. The van der Waals surface area contributed by atoms with Crippen LogP contribution in [0, 0.1) is 0 Å². The second-order valence-electron chi connectivity index (χ2n) is 2.67. The Kier molecular flexibility index (Phi) is 8.71. The first-order valence-electron chi connectivity index (χ1n) is 4.33. The maximum absolute atomic E-state index is 11.5. The van der Waals surface area contributed by atoms with Gasteiger partial charge in [0, 0.05) is 6.61 Å². The molecule has 0 rings (SSSR count). The molecule has 74 valence electrons. The van der Waals surface area contributed by atoms with Gasteiger partial charge in [0.05, 0.1) is 0 Å². The van der Waals surface area contributed by atoms with Gasteiger partial charge in [-0.1, -0.05) is 12.8 Å². The Bertz CT molecular complexity index is 91.1. The van der Waals surface area contributed by atoms with E-state index in [9.17, 15) is 8.78 Å². The van der Waals surface area contributed by atoms with E-state index in [0.717, 1.165) is 25.7 Å². The van der Waals surface area contributed by atoms with Gasteiger partial charge in [-0.2, -0.15) is 0 Å². The molecule has 12 heavy (non-hydrogen) atoms. The van der Waals surface area contributed by atoms with E-state index < -0.39 is 13.0 Å². The predicted octanol–water partition coefficient (Wildman–Crippen LogP) is 1.79. The Labute approximate surface area is 72.1 Å². The summed E-state index contributed by atoms with van der Waals surface area (Å²) in [6.07, 6.45) is 1.60. The molecular weight excluding hydrogens is 164 g/mol. The van der Waals surface area contributed by atoms with Gasteiger partial charge >= 0.3 is 0 Å². The van der Waals surface area contributed by atoms with Crippen LogP contribution in [0.2, 0.25) is 0 Å². The molecule has 0 spiro atoms. The van der Waals surface area contributed by atoms with Crippen molar-refractivity contribution in [3.63, 3.8) is 0 Å². The number of rotatable bonds is 8. The maximum Gasteiger partial charge on any atom is 0.261 e. The smallest absolute Gasteiger partial charge is 0.261 e. The fraction of sp³-hybridized carbons (Fsp3) is 1.00. The molecule has 0 aromatic rings. The molecule has 0 aliphatic heterocycles. The van der Waals surface area contributed by atoms with E-state index in [-0.39, 0.29) is 0 Å². The Hall–Kier alpha value is -0.220. The Morgan fingerprint density at radius 3 is 2.33 bits per heavy atom. The predicted molar refractivity (Wildman–Crippen MR) is 44.3 cm³/mol. The fourth-order valence-electron chi connectivity index (χ4n) is 0.874. The quantitative estimate of drug-likeness (QED) is 0.579. The number of nitrogens with two attached hydrogens (primary N) is 1. The van der Waals surface area contributed by atoms with Gasteiger partial charge in [-0.15, -0.1) is 0 Å². The second kappa shape index (κ2) is 8.87. The third kappa shape index (κ3) is 9.78. The molecule has 0 heterocycles. The molecule has 0 saturated carbocycles. The summed E-state index contributed by atoms with van der Waals surface area (Å²) in [5.41, 5.74) is 5.28. The maximum atomic E-state index is 11.5. The molecule has 0 fully saturated rings. The first-order valence-corrected chi connectivity index (χ1v) is 4.33. The largest absolute Gasteiger partial charge is 0.376 e. The molecule has 0 unspecified atom stereocenters. The van der Waals surface area contributed by atoms with Gasteiger partial charge in [0.15, 0.2) is 0 Å². The zero-order valence-corrected chi connectivity index (χ0v) is 7.27. The average molecular weight is 181 g/mol. The van der Waals surface area contributed by atoms with Crippen molar-refractivity contribution in [3.05, 3.63) is 0 Å². The first-order chi connectivity index (χ1) is 5.77. The third-order valence-corrected chi connectivity index (χ3v) is 1.49. The van der Waals surface area contributed by atoms with Crippen molar-refractivity contribution in [2.24, 2.45) is 5.73 Å². The third-order valence-electron chi connectivity index (χ3n) is 1.49. The van der Waals surface area contributed by atoms with Crippen LogP contribution in [-0.2, 0) is 4.74 Å². The normalized spacial score (nSPS) is 11.0. The van der Waals surface area contributed by atoms with E-state index in [4.69, 9.17) is 10.5 Å². The average Bonchev–Trinajstić information content (AvgIpc) is 2.02. The summed E-state index contributed by atoms with van der Waals surface area (Å²) in [5.74, 6) is 0. The molecule has 0 aliphatic rings. The molecule has 0 amide bonds. The van der Waals surface area contributed by atoms with Crippen LogP contribution in [0.25, 0.3) is 0 Å². The van der Waals surface area contributed by atoms with E-state index in [1.807, 2.05) is 0 Å². The Morgan fingerprint density at radius 1 is 1.08 bits per heavy atom. The minimum Gasteiger partial charge on any atom is -0.376 e. The van der Waals surface area contributed by atoms with Crippen molar-refractivity contribution in [1.29, 1.82) is 0 Å². The lowest BCUT2D eigenvalue weighted by molar-refractivity contribution is 0.0162. The zero-order chi connectivity index (χ0) is 9.23. The van der Waals surface area contributed by atoms with Crippen LogP contribution in [0.15, 0.2) is 0 Å². The Morgan fingerprint density at radius 2 is 1.75 bits per heavy atom. The van der Waals surface area contributed by atoms with E-state index in [1.54, 1.807) is 0 Å². The van der Waals surface area contributed by atoms with Gasteiger partial charge in [0.2, 0.25) is 0 Å². The molecular formula is C8H17F2NO. The molecule has 0 bridgehead atoms. The number of hydrogen-bond donors (Lipinski definition) is 1. The van der Waals surface area contributed by atoms with Crippen molar-refractivity contribution in [2.45, 2.75) is 32.1 Å². The van der Waals surface area contributed by atoms with Gasteiger partial charge in [-0.3, -0.25) is 0 Å². The lowest BCUT2D eigenvalue weighted by Gasteiger charge is -2.02. The van der Waals surface area contributed by atoms with Crippen molar-refractivity contribution in [3.8, 4) is 0 Å². The molecule has 0 radical (unpaired) electrons. The summed E-state index contributed by atoms with van der Waals surface area (Å²) in [4.78, 5) is 0. The van der Waals surface area contributed by atoms with Crippen LogP contribution < -0.4 is 5.73 Å². The number of ether oxygens (including phenoxy) is 1. The van der Waals surface area contributed by atoms with Gasteiger partial charge in [-0.25, -0.2) is 8.78 Å². The molecule has 2 N–H and O–H groups in total. The molecule has 0 aliphatic carbocycles. The van der Waals surface area contributed by atoms with Crippen molar-refractivity contribution in [2.75, 3.05) is 19.8 Å². The highest BCUT2D eigenvalue weighted by molar-refractivity contribution is 4.43. The second-order valence-corrected chi connectivity index (χ2v) is 2.67. The van der Waals surface area contributed by atoms with Gasteiger partial charge < -0.3 is 10.5 Å². The highest BCUT2D eigenvalue weighted by Crippen LogP contribution is 2.00. The highest BCUT2D eigenvalue weighted by atomic mass is 19.3. The SMILES string of the molecule is NCCCCCCOCC(F)F. The summed E-state index contributed by atoms with van der Waals surface area (Å²) >= 11 is 0. The topological polar surface area (TPSA) is 35.2 Å². The minimum atomic E-state index is -2.34. The molecule has 2 nitrogen and oxygen atoms in total. The number of alkyl halides is 2. The summed E-state index contributed by atoms with van der Waals surface area (Å²) in [6.45, 7) is 0.712. The van der Waals surface area contributed by atoms with Crippen LogP contribution in [0.1, 0.15) is 25.7 Å². The van der Waals surface area contributed by atoms with Crippen LogP contribution in [0.4, 0.5) is 8.78 Å². The first kappa shape index (κ1) is 11.8. The van der Waals surface area contributed by atoms with Crippen molar-refractivity contribution < 1.29 is 13.5 Å². The van der Waals surface area contributed by atoms with E-state index in [0.29, 0.717) is 13.2 Å². The van der Waals surface area contributed by atoms with Crippen molar-refractivity contribution >= 4 is 0 Å². The Balaban J connectivity index is 2.82. The van der Waals surface area contributed by atoms with Crippen LogP contribution in [0.3, 0.4) is 0 Å². The molecule has 0 aromatic heterocycles. The lowest BCUT2D eigenvalue weighted by atomic mass is 10.2. The van der Waals surface area contributed by atoms with Crippen molar-refractivity contribution in [1.82, 2.24) is 0 Å². The summed E-state index contributed by atoms with van der Waals surface area (Å²) in [6, 6.07) is 0.